The summed E-state index contributed by atoms with van der Waals surface area (Å²) in [4.78, 5) is 34.4. The van der Waals surface area contributed by atoms with Crippen LogP contribution in [-0.2, 0) is 14.4 Å². The third-order valence-corrected chi connectivity index (χ3v) is 3.17. The predicted molar refractivity (Wildman–Crippen MR) is 86.7 cm³/mol. The van der Waals surface area contributed by atoms with Crippen LogP contribution in [0.2, 0.25) is 0 Å². The fourth-order valence-corrected chi connectivity index (χ4v) is 2.18. The largest absolute Gasteiger partial charge is 0.481 e. The molecule has 3 N–H and O–H groups in total. The highest BCUT2D eigenvalue weighted by molar-refractivity contribution is 5.79. The van der Waals surface area contributed by atoms with Crippen LogP contribution in [0.1, 0.15) is 51.1 Å². The van der Waals surface area contributed by atoms with E-state index in [1.807, 2.05) is 19.9 Å². The molecule has 0 aliphatic rings. The average molecular weight is 320 g/mol. The Morgan fingerprint density at radius 3 is 2.09 bits per heavy atom. The summed E-state index contributed by atoms with van der Waals surface area (Å²) in [6.45, 7) is 3.75. The lowest BCUT2D eigenvalue weighted by Gasteiger charge is -2.17. The van der Waals surface area contributed by atoms with Gasteiger partial charge in [-0.3, -0.25) is 14.4 Å². The van der Waals surface area contributed by atoms with Gasteiger partial charge in [0.05, 0.1) is 12.5 Å². The number of hydrogen-bond donors (Lipinski definition) is 3. The molecule has 0 radical (unpaired) electrons. The van der Waals surface area contributed by atoms with Crippen molar-refractivity contribution in [3.8, 4) is 0 Å². The number of aliphatic carboxylic acids is 1. The molecule has 1 atom stereocenters. The molecule has 2 amide bonds. The quantitative estimate of drug-likeness (QED) is 0.648. The van der Waals surface area contributed by atoms with E-state index in [0.717, 1.165) is 5.56 Å². The number of rotatable bonds is 9. The number of carbonyl (C=O) groups excluding carboxylic acids is 2. The van der Waals surface area contributed by atoms with Gasteiger partial charge in [-0.1, -0.05) is 30.3 Å². The van der Waals surface area contributed by atoms with Crippen LogP contribution in [0.15, 0.2) is 30.3 Å². The van der Waals surface area contributed by atoms with Crippen LogP contribution >= 0.6 is 0 Å². The summed E-state index contributed by atoms with van der Waals surface area (Å²) in [5.41, 5.74) is 0.751. The number of carbonyl (C=O) groups is 3. The predicted octanol–water partition coefficient (Wildman–Crippen LogP) is 2.01. The van der Waals surface area contributed by atoms with Crippen molar-refractivity contribution in [1.82, 2.24) is 10.6 Å². The summed E-state index contributed by atoms with van der Waals surface area (Å²) in [5.74, 6) is -1.31. The molecular formula is C17H24N2O4. The summed E-state index contributed by atoms with van der Waals surface area (Å²) < 4.78 is 0. The topological polar surface area (TPSA) is 95.5 Å². The van der Waals surface area contributed by atoms with Gasteiger partial charge in [0.25, 0.3) is 0 Å². The molecule has 1 rings (SSSR count). The fraction of sp³-hybridized carbons (Fsp3) is 0.471. The monoisotopic (exact) mass is 320 g/mol. The van der Waals surface area contributed by atoms with Crippen LogP contribution in [0.5, 0.6) is 0 Å². The third kappa shape index (κ3) is 7.99. The van der Waals surface area contributed by atoms with Crippen LogP contribution in [0.25, 0.3) is 0 Å². The number of carboxylic acids is 1. The summed E-state index contributed by atoms with van der Waals surface area (Å²) in [6.07, 6.45) is 0.720. The van der Waals surface area contributed by atoms with Crippen LogP contribution in [0, 0.1) is 0 Å². The van der Waals surface area contributed by atoms with Crippen molar-refractivity contribution in [1.29, 1.82) is 0 Å². The molecule has 0 saturated carbocycles. The lowest BCUT2D eigenvalue weighted by molar-refractivity contribution is -0.137. The highest BCUT2D eigenvalue weighted by Gasteiger charge is 2.17. The molecule has 126 valence electrons. The maximum absolute atomic E-state index is 12.0. The first-order chi connectivity index (χ1) is 10.9. The van der Waals surface area contributed by atoms with E-state index in [4.69, 9.17) is 5.11 Å². The molecule has 1 aromatic rings. The molecule has 0 saturated heterocycles. The Hall–Kier alpha value is -2.37. The summed E-state index contributed by atoms with van der Waals surface area (Å²) in [5, 5.41) is 14.5. The van der Waals surface area contributed by atoms with E-state index in [2.05, 4.69) is 10.6 Å². The van der Waals surface area contributed by atoms with Crippen molar-refractivity contribution in [2.45, 2.75) is 51.6 Å². The van der Waals surface area contributed by atoms with Gasteiger partial charge in [0.1, 0.15) is 0 Å². The van der Waals surface area contributed by atoms with Crippen molar-refractivity contribution in [2.24, 2.45) is 0 Å². The van der Waals surface area contributed by atoms with Crippen molar-refractivity contribution >= 4 is 17.8 Å². The second kappa shape index (κ2) is 9.61. The van der Waals surface area contributed by atoms with Crippen molar-refractivity contribution < 1.29 is 19.5 Å². The first-order valence-corrected chi connectivity index (χ1v) is 7.74. The van der Waals surface area contributed by atoms with Gasteiger partial charge in [0.15, 0.2) is 0 Å². The molecule has 6 nitrogen and oxygen atoms in total. The van der Waals surface area contributed by atoms with Gasteiger partial charge in [-0.15, -0.1) is 0 Å². The third-order valence-electron chi connectivity index (χ3n) is 3.17. The Balaban J connectivity index is 2.48. The van der Waals surface area contributed by atoms with Crippen molar-refractivity contribution in [3.05, 3.63) is 35.9 Å². The number of carboxylic acid groups (broad SMARTS) is 1. The first kappa shape index (κ1) is 18.7. The van der Waals surface area contributed by atoms with Gasteiger partial charge in [-0.2, -0.15) is 0 Å². The summed E-state index contributed by atoms with van der Waals surface area (Å²) in [7, 11) is 0. The van der Waals surface area contributed by atoms with Gasteiger partial charge < -0.3 is 15.7 Å². The van der Waals surface area contributed by atoms with Crippen molar-refractivity contribution in [2.75, 3.05) is 0 Å². The second-order valence-corrected chi connectivity index (χ2v) is 5.70. The SMILES string of the molecule is CC(C)NC(=O)CCCC(=O)NC(CC(=O)O)c1ccccc1. The Morgan fingerprint density at radius 1 is 1.00 bits per heavy atom. The summed E-state index contributed by atoms with van der Waals surface area (Å²) >= 11 is 0. The number of nitrogens with one attached hydrogen (secondary N) is 2. The maximum Gasteiger partial charge on any atom is 0.305 e. The van der Waals surface area contributed by atoms with Gasteiger partial charge in [-0.25, -0.2) is 0 Å². The smallest absolute Gasteiger partial charge is 0.305 e. The minimum atomic E-state index is -0.976. The van der Waals surface area contributed by atoms with Crippen LogP contribution in [0.4, 0.5) is 0 Å². The minimum Gasteiger partial charge on any atom is -0.481 e. The highest BCUT2D eigenvalue weighted by Crippen LogP contribution is 2.16. The zero-order chi connectivity index (χ0) is 17.2. The Bertz CT molecular complexity index is 529. The lowest BCUT2D eigenvalue weighted by atomic mass is 10.0. The molecule has 6 heteroatoms. The van der Waals surface area contributed by atoms with Gasteiger partial charge in [0.2, 0.25) is 11.8 Å². The number of amides is 2. The zero-order valence-corrected chi connectivity index (χ0v) is 13.5. The molecule has 0 aliphatic heterocycles. The van der Waals surface area contributed by atoms with Crippen LogP contribution < -0.4 is 10.6 Å². The minimum absolute atomic E-state index is 0.0781. The number of hydrogen-bond acceptors (Lipinski definition) is 3. The van der Waals surface area contributed by atoms with Crippen LogP contribution in [-0.4, -0.2) is 28.9 Å². The summed E-state index contributed by atoms with van der Waals surface area (Å²) in [6, 6.07) is 8.50. The molecule has 0 spiro atoms. The molecule has 0 heterocycles. The second-order valence-electron chi connectivity index (χ2n) is 5.70. The fourth-order valence-electron chi connectivity index (χ4n) is 2.18. The van der Waals surface area contributed by atoms with Crippen LogP contribution in [0.3, 0.4) is 0 Å². The Labute approximate surface area is 136 Å². The van der Waals surface area contributed by atoms with E-state index in [1.165, 1.54) is 0 Å². The molecule has 0 bridgehead atoms. The van der Waals surface area contributed by atoms with Crippen molar-refractivity contribution in [3.63, 3.8) is 0 Å². The molecular weight excluding hydrogens is 296 g/mol. The molecule has 1 unspecified atom stereocenters. The van der Waals surface area contributed by atoms with E-state index >= 15 is 0 Å². The maximum atomic E-state index is 12.0. The lowest BCUT2D eigenvalue weighted by Crippen LogP contribution is -2.31. The molecule has 0 fully saturated rings. The Morgan fingerprint density at radius 2 is 1.57 bits per heavy atom. The average Bonchev–Trinajstić information content (AvgIpc) is 2.46. The molecule has 23 heavy (non-hydrogen) atoms. The Kier molecular flexibility index (Phi) is 7.80. The molecule has 0 aliphatic carbocycles. The van der Waals surface area contributed by atoms with E-state index in [0.29, 0.717) is 6.42 Å². The molecule has 0 aromatic heterocycles. The van der Waals surface area contributed by atoms with Gasteiger partial charge in [0, 0.05) is 18.9 Å². The van der Waals surface area contributed by atoms with Gasteiger partial charge >= 0.3 is 5.97 Å². The zero-order valence-electron chi connectivity index (χ0n) is 13.5. The van der Waals surface area contributed by atoms with Gasteiger partial charge in [-0.05, 0) is 25.8 Å². The molecule has 1 aromatic carbocycles. The highest BCUT2D eigenvalue weighted by atomic mass is 16.4. The first-order valence-electron chi connectivity index (χ1n) is 7.74. The van der Waals surface area contributed by atoms with E-state index in [-0.39, 0.29) is 37.1 Å². The normalized spacial score (nSPS) is 11.8. The van der Waals surface area contributed by atoms with E-state index in [1.54, 1.807) is 24.3 Å². The van der Waals surface area contributed by atoms with E-state index < -0.39 is 12.0 Å². The standard InChI is InChI=1S/C17H24N2O4/c1-12(2)18-15(20)9-6-10-16(21)19-14(11-17(22)23)13-7-4-3-5-8-13/h3-5,7-8,12,14H,6,9-11H2,1-2H3,(H,18,20)(H,19,21)(H,22,23). The van der Waals surface area contributed by atoms with E-state index in [9.17, 15) is 14.4 Å². The number of benzene rings is 1.